The predicted molar refractivity (Wildman–Crippen MR) is 25.8 cm³/mol. The Balaban J connectivity index is 0. The van der Waals surface area contributed by atoms with Gasteiger partial charge in [-0.25, -0.2) is 0 Å². The van der Waals surface area contributed by atoms with E-state index in [0.29, 0.717) is 0 Å². The van der Waals surface area contributed by atoms with E-state index in [9.17, 15) is 0 Å². The van der Waals surface area contributed by atoms with Crippen molar-refractivity contribution in [1.29, 1.82) is 0 Å². The first-order valence-electron chi connectivity index (χ1n) is 0. The molecule has 4 heavy (non-hydrogen) atoms. The zero-order chi connectivity index (χ0) is 0. The summed E-state index contributed by atoms with van der Waals surface area (Å²) >= 11 is 0. The van der Waals surface area contributed by atoms with Crippen molar-refractivity contribution in [3.05, 3.63) is 0 Å². The first-order chi connectivity index (χ1) is 0. The summed E-state index contributed by atoms with van der Waals surface area (Å²) in [6.45, 7) is 0. The minimum absolute atomic E-state index is 0. The van der Waals surface area contributed by atoms with Crippen molar-refractivity contribution >= 4 is 23.4 Å². The third kappa shape index (κ3) is 27.1. The van der Waals surface area contributed by atoms with Crippen molar-refractivity contribution in [3.63, 3.8) is 0 Å². The topological polar surface area (TPSA) is 63.0 Å². The molecule has 0 saturated heterocycles. The molecule has 0 saturated carbocycles. The maximum atomic E-state index is 0. The zero-order valence-corrected chi connectivity index (χ0v) is 2.22. The summed E-state index contributed by atoms with van der Waals surface area (Å²) in [6.07, 6.45) is 0. The molecule has 4 N–H and O–H groups in total. The van der Waals surface area contributed by atoms with E-state index in [2.05, 4.69) is 0 Å². The Morgan fingerprint density at radius 1 is 0.750 bits per heavy atom. The van der Waals surface area contributed by atoms with Crippen LogP contribution in [-0.2, 0) is 0 Å². The predicted octanol–water partition coefficient (Wildman–Crippen LogP) is -2.68. The van der Waals surface area contributed by atoms with Crippen LogP contribution in [0.1, 0.15) is 0 Å². The molecule has 0 aromatic heterocycles. The Morgan fingerprint density at radius 2 is 0.750 bits per heavy atom. The molecule has 0 aliphatic carbocycles. The molecule has 0 fully saturated rings. The van der Waals surface area contributed by atoms with Crippen LogP contribution in [0.2, 0.25) is 0 Å². The lowest BCUT2D eigenvalue weighted by Gasteiger charge is -0.413. The fourth-order valence-electron chi connectivity index (χ4n) is 0. The second-order valence-electron chi connectivity index (χ2n) is 0. The molecule has 0 unspecified atom stereocenters. The smallest absolute Gasteiger partial charge is 0.0149 e. The standard InChI is InChI=1S/ClH.2H2O.H4Si/h1H;2*1H2;1H4. The minimum Gasteiger partial charge on any atom is -0.412 e. The molecular formula is H9ClO2Si. The molecule has 0 aliphatic heterocycles. The van der Waals surface area contributed by atoms with Crippen molar-refractivity contribution < 1.29 is 11.0 Å². The summed E-state index contributed by atoms with van der Waals surface area (Å²) in [4.78, 5) is 0. The van der Waals surface area contributed by atoms with Gasteiger partial charge >= 0.3 is 0 Å². The molecule has 4 heteroatoms. The number of hydrogen-bond acceptors (Lipinski definition) is 0. The van der Waals surface area contributed by atoms with Crippen molar-refractivity contribution in [2.75, 3.05) is 0 Å². The van der Waals surface area contributed by atoms with Crippen molar-refractivity contribution in [2.24, 2.45) is 0 Å². The van der Waals surface area contributed by atoms with Gasteiger partial charge in [0, 0.05) is 0 Å². The molecule has 0 rings (SSSR count). The molecule has 0 aromatic rings. The molecule has 0 amide bonds. The Morgan fingerprint density at radius 3 is 0.750 bits per heavy atom. The van der Waals surface area contributed by atoms with E-state index in [1.54, 1.807) is 0 Å². The lowest BCUT2D eigenvalue weighted by Crippen LogP contribution is -0.381. The Labute approximate surface area is 35.3 Å². The SMILES string of the molecule is Cl.O.O.[SiH4]. The molecule has 0 radical (unpaired) electrons. The lowest BCUT2D eigenvalue weighted by atomic mass is 16.0. The highest BCUT2D eigenvalue weighted by molar-refractivity contribution is 5.85. The van der Waals surface area contributed by atoms with Gasteiger partial charge in [-0.3, -0.25) is 0 Å². The van der Waals surface area contributed by atoms with Gasteiger partial charge in [0.05, 0.1) is 0 Å². The Kier molecular flexibility index (Phi) is 7900. The second kappa shape index (κ2) is 111. The van der Waals surface area contributed by atoms with Gasteiger partial charge < -0.3 is 11.0 Å². The molecule has 0 aliphatic rings. The molecule has 32 valence electrons. The first kappa shape index (κ1) is 285. The van der Waals surface area contributed by atoms with Crippen LogP contribution in [-0.4, -0.2) is 21.9 Å². The van der Waals surface area contributed by atoms with Gasteiger partial charge in [0.2, 0.25) is 0 Å². The van der Waals surface area contributed by atoms with Gasteiger partial charge in [-0.05, 0) is 11.0 Å². The molecular weight excluding hydrogens is 95.5 g/mol. The van der Waals surface area contributed by atoms with Crippen molar-refractivity contribution in [3.8, 4) is 0 Å². The van der Waals surface area contributed by atoms with E-state index in [1.807, 2.05) is 0 Å². The van der Waals surface area contributed by atoms with Gasteiger partial charge in [-0.15, -0.1) is 12.4 Å². The van der Waals surface area contributed by atoms with Crippen LogP contribution in [0.3, 0.4) is 0 Å². The minimum atomic E-state index is 0. The van der Waals surface area contributed by atoms with E-state index < -0.39 is 0 Å². The van der Waals surface area contributed by atoms with Gasteiger partial charge in [-0.2, -0.15) is 0 Å². The van der Waals surface area contributed by atoms with Gasteiger partial charge in [0.25, 0.3) is 0 Å². The van der Waals surface area contributed by atoms with E-state index in [0.717, 1.165) is 0 Å². The lowest BCUT2D eigenvalue weighted by molar-refractivity contribution is 0.823. The highest BCUT2D eigenvalue weighted by atomic mass is 35.5. The third-order valence-electron chi connectivity index (χ3n) is 0. The van der Waals surface area contributed by atoms with Crippen molar-refractivity contribution in [1.82, 2.24) is 0 Å². The summed E-state index contributed by atoms with van der Waals surface area (Å²) in [5.41, 5.74) is 0. The van der Waals surface area contributed by atoms with Crippen molar-refractivity contribution in [2.45, 2.75) is 0 Å². The normalized spacial score (nSPS) is 0. The number of hydrogen-bond donors (Lipinski definition) is 0. The van der Waals surface area contributed by atoms with Crippen LogP contribution in [0, 0.1) is 0 Å². The summed E-state index contributed by atoms with van der Waals surface area (Å²) in [6, 6.07) is 0. The van der Waals surface area contributed by atoms with E-state index >= 15 is 0 Å². The van der Waals surface area contributed by atoms with E-state index in [-0.39, 0.29) is 34.3 Å². The van der Waals surface area contributed by atoms with E-state index in [1.165, 1.54) is 0 Å². The highest BCUT2D eigenvalue weighted by Crippen LogP contribution is 0.690. The quantitative estimate of drug-likeness (QED) is 0.301. The van der Waals surface area contributed by atoms with Crippen LogP contribution < -0.4 is 0 Å². The summed E-state index contributed by atoms with van der Waals surface area (Å²) in [5, 5.41) is 0. The first-order valence-corrected chi connectivity index (χ1v) is 0. The molecule has 0 spiro atoms. The second-order valence-corrected chi connectivity index (χ2v) is 0. The van der Waals surface area contributed by atoms with Gasteiger partial charge in [-0.1, -0.05) is 0 Å². The maximum Gasteiger partial charge on any atom is -0.0149 e. The van der Waals surface area contributed by atoms with Crippen LogP contribution in [0.25, 0.3) is 0 Å². The Hall–Kier alpha value is 0.427. The summed E-state index contributed by atoms with van der Waals surface area (Å²) < 4.78 is 0. The fourth-order valence-corrected chi connectivity index (χ4v) is 0. The number of halogens is 1. The molecule has 0 bridgehead atoms. The highest BCUT2D eigenvalue weighted by Gasteiger charge is -0.0148. The van der Waals surface area contributed by atoms with Crippen LogP contribution >= 0.6 is 12.4 Å². The third-order valence-corrected chi connectivity index (χ3v) is 0. The van der Waals surface area contributed by atoms with Crippen LogP contribution in [0.5, 0.6) is 0 Å². The van der Waals surface area contributed by atoms with E-state index in [4.69, 9.17) is 0 Å². The monoisotopic (exact) mass is 104 g/mol. The molecule has 0 aromatic carbocycles. The number of rotatable bonds is 0. The fraction of sp³-hybridized carbons (Fsp3) is 0. The molecule has 2 nitrogen and oxygen atoms in total. The van der Waals surface area contributed by atoms with Crippen LogP contribution in [0.4, 0.5) is 0 Å². The summed E-state index contributed by atoms with van der Waals surface area (Å²) in [7, 11) is 0. The van der Waals surface area contributed by atoms with Gasteiger partial charge in [0.1, 0.15) is 0 Å². The average molecular weight is 105 g/mol. The maximum absolute atomic E-state index is 0. The largest absolute Gasteiger partial charge is 0.412 e. The average Bonchev–Trinajstić information content (AvgIpc) is 0. The summed E-state index contributed by atoms with van der Waals surface area (Å²) in [5.74, 6) is 0. The zero-order valence-electron chi connectivity index (χ0n) is 1.41. The van der Waals surface area contributed by atoms with Crippen LogP contribution in [0.15, 0.2) is 0 Å². The molecule has 0 heterocycles. The molecule has 0 atom stereocenters. The Bertz CT molecular complexity index is 6.00. The van der Waals surface area contributed by atoms with Gasteiger partial charge in [0.15, 0.2) is 0 Å².